The summed E-state index contributed by atoms with van der Waals surface area (Å²) in [6, 6.07) is 14.1. The number of rotatable bonds is 2. The van der Waals surface area contributed by atoms with Crippen LogP contribution in [0.3, 0.4) is 0 Å². The van der Waals surface area contributed by atoms with Crippen LogP contribution in [0.2, 0.25) is 5.02 Å². The van der Waals surface area contributed by atoms with Crippen molar-refractivity contribution in [3.8, 4) is 0 Å². The smallest absolute Gasteiger partial charge is 0.308 e. The molecule has 3 nitrogen and oxygen atoms in total. The summed E-state index contributed by atoms with van der Waals surface area (Å²) in [6.45, 7) is 0. The maximum absolute atomic E-state index is 11.7. The van der Waals surface area contributed by atoms with E-state index < -0.39 is 0 Å². The van der Waals surface area contributed by atoms with Crippen molar-refractivity contribution in [2.24, 2.45) is 0 Å². The van der Waals surface area contributed by atoms with Crippen LogP contribution in [0.1, 0.15) is 0 Å². The Hall–Kier alpha value is -1.52. The third-order valence-electron chi connectivity index (χ3n) is 2.21. The van der Waals surface area contributed by atoms with Crippen LogP contribution in [0, 0.1) is 0 Å². The highest BCUT2D eigenvalue weighted by atomic mass is 79.9. The van der Waals surface area contributed by atoms with Crippen molar-refractivity contribution in [2.75, 3.05) is 10.6 Å². The molecule has 5 heteroatoms. The van der Waals surface area contributed by atoms with Gasteiger partial charge in [-0.1, -0.05) is 45.7 Å². The second-order valence-corrected chi connectivity index (χ2v) is 4.89. The van der Waals surface area contributed by atoms with E-state index in [2.05, 4.69) is 26.6 Å². The quantitative estimate of drug-likeness (QED) is 0.822. The summed E-state index contributed by atoms with van der Waals surface area (Å²) in [5.74, 6) is 0. The van der Waals surface area contributed by atoms with E-state index in [1.54, 1.807) is 12.1 Å². The third kappa shape index (κ3) is 3.48. The van der Waals surface area contributed by atoms with Crippen molar-refractivity contribution in [1.29, 1.82) is 0 Å². The molecule has 0 aliphatic rings. The summed E-state index contributed by atoms with van der Waals surface area (Å²) >= 11 is 9.30. The highest BCUT2D eigenvalue weighted by Crippen LogP contribution is 2.25. The van der Waals surface area contributed by atoms with Gasteiger partial charge in [0.15, 0.2) is 0 Å². The van der Waals surface area contributed by atoms with E-state index in [1.807, 2.05) is 36.4 Å². The van der Waals surface area contributed by atoms with Crippen molar-refractivity contribution in [3.63, 3.8) is 0 Å². The Morgan fingerprint density at radius 1 is 1.06 bits per heavy atom. The van der Waals surface area contributed by atoms with Gasteiger partial charge in [-0.15, -0.1) is 0 Å². The van der Waals surface area contributed by atoms with E-state index in [9.17, 15) is 4.79 Å². The lowest BCUT2D eigenvalue weighted by atomic mass is 10.3. The number of urea groups is 1. The zero-order chi connectivity index (χ0) is 13.0. The van der Waals surface area contributed by atoms with Gasteiger partial charge in [-0.2, -0.15) is 0 Å². The number of carbonyl (C=O) groups is 1. The zero-order valence-corrected chi connectivity index (χ0v) is 11.6. The molecule has 2 amide bonds. The Morgan fingerprint density at radius 2 is 1.78 bits per heavy atom. The Kier molecular flexibility index (Phi) is 4.23. The maximum atomic E-state index is 11.7. The van der Waals surface area contributed by atoms with Gasteiger partial charge in [0.1, 0.15) is 0 Å². The van der Waals surface area contributed by atoms with Crippen LogP contribution >= 0.6 is 27.5 Å². The molecule has 0 bridgehead atoms. The average Bonchev–Trinajstić information content (AvgIpc) is 2.35. The molecule has 0 spiro atoms. The number of hydrogen-bond acceptors (Lipinski definition) is 1. The number of halogens is 2. The Morgan fingerprint density at radius 3 is 2.50 bits per heavy atom. The molecule has 18 heavy (non-hydrogen) atoms. The number of anilines is 2. The largest absolute Gasteiger partial charge is 0.323 e. The summed E-state index contributed by atoms with van der Waals surface area (Å²) < 4.78 is 0.849. The highest BCUT2D eigenvalue weighted by Gasteiger charge is 2.06. The van der Waals surface area contributed by atoms with Crippen LogP contribution in [0.15, 0.2) is 53.0 Å². The minimum absolute atomic E-state index is 0.332. The van der Waals surface area contributed by atoms with E-state index in [4.69, 9.17) is 11.6 Å². The molecule has 0 atom stereocenters. The average molecular weight is 326 g/mol. The summed E-state index contributed by atoms with van der Waals surface area (Å²) in [4.78, 5) is 11.7. The maximum Gasteiger partial charge on any atom is 0.323 e. The molecular formula is C13H10BrClN2O. The van der Waals surface area contributed by atoms with Crippen molar-refractivity contribution < 1.29 is 4.79 Å². The van der Waals surface area contributed by atoms with Crippen LogP contribution in [0.25, 0.3) is 0 Å². The summed E-state index contributed by atoms with van der Waals surface area (Å²) in [5, 5.41) is 5.89. The molecule has 0 aliphatic heterocycles. The first-order valence-corrected chi connectivity index (χ1v) is 6.40. The third-order valence-corrected chi connectivity index (χ3v) is 3.03. The summed E-state index contributed by atoms with van der Waals surface area (Å²) in [7, 11) is 0. The minimum Gasteiger partial charge on any atom is -0.308 e. The Bertz CT molecular complexity index is 560. The molecule has 0 aliphatic carbocycles. The van der Waals surface area contributed by atoms with Crippen LogP contribution in [0.5, 0.6) is 0 Å². The molecule has 0 radical (unpaired) electrons. The van der Waals surface area contributed by atoms with Gasteiger partial charge < -0.3 is 10.6 Å². The molecule has 2 aromatic carbocycles. The number of nitrogens with one attached hydrogen (secondary N) is 2. The fourth-order valence-corrected chi connectivity index (χ4v) is 1.93. The number of para-hydroxylation sites is 1. The lowest BCUT2D eigenvalue weighted by Gasteiger charge is -2.09. The monoisotopic (exact) mass is 324 g/mol. The fraction of sp³-hybridized carbons (Fsp3) is 0. The van der Waals surface area contributed by atoms with Gasteiger partial charge in [0.25, 0.3) is 0 Å². The second-order valence-electron chi connectivity index (χ2n) is 3.57. The Labute approximate surface area is 118 Å². The predicted octanol–water partition coefficient (Wildman–Crippen LogP) is 4.75. The van der Waals surface area contributed by atoms with E-state index in [-0.39, 0.29) is 6.03 Å². The molecule has 0 aromatic heterocycles. The van der Waals surface area contributed by atoms with Gasteiger partial charge in [0.05, 0.1) is 10.7 Å². The minimum atomic E-state index is -0.332. The van der Waals surface area contributed by atoms with Crippen molar-refractivity contribution in [3.05, 3.63) is 58.0 Å². The molecule has 0 saturated carbocycles. The molecule has 2 aromatic rings. The lowest BCUT2D eigenvalue weighted by molar-refractivity contribution is 0.262. The zero-order valence-electron chi connectivity index (χ0n) is 9.28. The molecule has 2 rings (SSSR count). The van der Waals surface area contributed by atoms with E-state index in [0.29, 0.717) is 10.7 Å². The van der Waals surface area contributed by atoms with E-state index >= 15 is 0 Å². The van der Waals surface area contributed by atoms with Gasteiger partial charge in [0, 0.05) is 10.2 Å². The molecule has 0 heterocycles. The normalized spacial score (nSPS) is 9.89. The molecule has 0 saturated heterocycles. The van der Waals surface area contributed by atoms with Crippen LogP contribution in [-0.4, -0.2) is 6.03 Å². The van der Waals surface area contributed by atoms with Crippen molar-refractivity contribution >= 4 is 44.9 Å². The van der Waals surface area contributed by atoms with Gasteiger partial charge in [0.2, 0.25) is 0 Å². The van der Waals surface area contributed by atoms with Gasteiger partial charge in [-0.05, 0) is 30.3 Å². The summed E-state index contributed by atoms with van der Waals surface area (Å²) in [5.41, 5.74) is 1.28. The standard InChI is InChI=1S/C13H10BrClN2O/c14-9-6-7-11(15)12(8-9)17-13(18)16-10-4-2-1-3-5-10/h1-8H,(H2,16,17,18). The van der Waals surface area contributed by atoms with Gasteiger partial charge in [-0.3, -0.25) is 0 Å². The molecule has 0 fully saturated rings. The number of benzene rings is 2. The molecular weight excluding hydrogens is 316 g/mol. The number of amides is 2. The second kappa shape index (κ2) is 5.89. The first-order chi connectivity index (χ1) is 8.65. The van der Waals surface area contributed by atoms with E-state index in [0.717, 1.165) is 10.2 Å². The summed E-state index contributed by atoms with van der Waals surface area (Å²) in [6.07, 6.45) is 0. The van der Waals surface area contributed by atoms with E-state index in [1.165, 1.54) is 0 Å². The van der Waals surface area contributed by atoms with Crippen LogP contribution in [-0.2, 0) is 0 Å². The van der Waals surface area contributed by atoms with Crippen molar-refractivity contribution in [1.82, 2.24) is 0 Å². The Balaban J connectivity index is 2.05. The molecule has 0 unspecified atom stereocenters. The molecule has 92 valence electrons. The SMILES string of the molecule is O=C(Nc1ccccc1)Nc1cc(Br)ccc1Cl. The highest BCUT2D eigenvalue weighted by molar-refractivity contribution is 9.10. The molecule has 2 N–H and O–H groups in total. The topological polar surface area (TPSA) is 41.1 Å². The number of carbonyl (C=O) groups excluding carboxylic acids is 1. The van der Waals surface area contributed by atoms with Gasteiger partial charge >= 0.3 is 6.03 Å². The first-order valence-electron chi connectivity index (χ1n) is 5.23. The van der Waals surface area contributed by atoms with Crippen LogP contribution < -0.4 is 10.6 Å². The number of hydrogen-bond donors (Lipinski definition) is 2. The first kappa shape index (κ1) is 12.9. The predicted molar refractivity (Wildman–Crippen MR) is 78.2 cm³/mol. The fourth-order valence-electron chi connectivity index (χ4n) is 1.40. The van der Waals surface area contributed by atoms with Crippen molar-refractivity contribution in [2.45, 2.75) is 0 Å². The van der Waals surface area contributed by atoms with Gasteiger partial charge in [-0.25, -0.2) is 4.79 Å². The van der Waals surface area contributed by atoms with Crippen LogP contribution in [0.4, 0.5) is 16.2 Å². The lowest BCUT2D eigenvalue weighted by Crippen LogP contribution is -2.19.